The third-order valence-electron chi connectivity index (χ3n) is 3.87. The third-order valence-corrected chi connectivity index (χ3v) is 3.87. The lowest BCUT2D eigenvalue weighted by Crippen LogP contribution is -2.32. The van der Waals surface area contributed by atoms with Crippen LogP contribution in [0.25, 0.3) is 0 Å². The average Bonchev–Trinajstić information content (AvgIpc) is 2.69. The highest BCUT2D eigenvalue weighted by atomic mass is 16.5. The van der Waals surface area contributed by atoms with Gasteiger partial charge in [0, 0.05) is 25.3 Å². The lowest BCUT2D eigenvalue weighted by Gasteiger charge is -2.14. The molecular formula is C21H29N3O3. The van der Waals surface area contributed by atoms with Crippen LogP contribution >= 0.6 is 0 Å². The summed E-state index contributed by atoms with van der Waals surface area (Å²) in [5, 5.41) is 6.59. The summed E-state index contributed by atoms with van der Waals surface area (Å²) < 4.78 is 16.5. The minimum atomic E-state index is 0.594. The van der Waals surface area contributed by atoms with E-state index in [1.54, 1.807) is 14.2 Å². The summed E-state index contributed by atoms with van der Waals surface area (Å²) in [5.41, 5.74) is 2.09. The largest absolute Gasteiger partial charge is 0.494 e. The van der Waals surface area contributed by atoms with Crippen molar-refractivity contribution in [2.24, 2.45) is 4.99 Å². The van der Waals surface area contributed by atoms with Gasteiger partial charge in [-0.1, -0.05) is 12.1 Å². The molecule has 0 aliphatic rings. The Morgan fingerprint density at radius 3 is 2.52 bits per heavy atom. The zero-order valence-electron chi connectivity index (χ0n) is 16.5. The summed E-state index contributed by atoms with van der Waals surface area (Å²) in [6, 6.07) is 13.9. The first-order valence-corrected chi connectivity index (χ1v) is 9.20. The number of rotatable bonds is 9. The number of anilines is 1. The molecule has 0 aromatic heterocycles. The maximum Gasteiger partial charge on any atom is 0.195 e. The average molecular weight is 371 g/mol. The van der Waals surface area contributed by atoms with Gasteiger partial charge in [-0.05, 0) is 50.1 Å². The van der Waals surface area contributed by atoms with Crippen molar-refractivity contribution in [3.05, 3.63) is 48.0 Å². The molecule has 6 nitrogen and oxygen atoms in total. The molecule has 0 fully saturated rings. The van der Waals surface area contributed by atoms with Gasteiger partial charge in [0.2, 0.25) is 0 Å². The van der Waals surface area contributed by atoms with E-state index >= 15 is 0 Å². The Morgan fingerprint density at radius 2 is 1.81 bits per heavy atom. The Balaban J connectivity index is 1.91. The molecule has 0 atom stereocenters. The predicted octanol–water partition coefficient (Wildman–Crippen LogP) is 3.72. The molecule has 146 valence electrons. The number of ether oxygens (including phenoxy) is 3. The summed E-state index contributed by atoms with van der Waals surface area (Å²) >= 11 is 0. The van der Waals surface area contributed by atoms with Gasteiger partial charge in [0.1, 0.15) is 5.75 Å². The smallest absolute Gasteiger partial charge is 0.195 e. The van der Waals surface area contributed by atoms with Crippen LogP contribution in [0.2, 0.25) is 0 Å². The Kier molecular flexibility index (Phi) is 8.29. The normalized spacial score (nSPS) is 11.0. The maximum atomic E-state index is 5.55. The van der Waals surface area contributed by atoms with E-state index in [1.165, 1.54) is 5.56 Å². The zero-order chi connectivity index (χ0) is 19.5. The van der Waals surface area contributed by atoms with Gasteiger partial charge in [0.25, 0.3) is 0 Å². The molecule has 0 radical (unpaired) electrons. The van der Waals surface area contributed by atoms with E-state index in [9.17, 15) is 0 Å². The van der Waals surface area contributed by atoms with Crippen LogP contribution in [0.1, 0.15) is 19.4 Å². The van der Waals surface area contributed by atoms with Crippen molar-refractivity contribution in [1.82, 2.24) is 5.32 Å². The highest BCUT2D eigenvalue weighted by Crippen LogP contribution is 2.30. The molecule has 0 amide bonds. The molecular weight excluding hydrogens is 342 g/mol. The van der Waals surface area contributed by atoms with Gasteiger partial charge in [0.15, 0.2) is 17.5 Å². The number of hydrogen-bond acceptors (Lipinski definition) is 4. The summed E-state index contributed by atoms with van der Waals surface area (Å²) in [5.74, 6) is 3.01. The number of hydrogen-bond donors (Lipinski definition) is 2. The third kappa shape index (κ3) is 6.40. The first kappa shape index (κ1) is 20.4. The van der Waals surface area contributed by atoms with E-state index in [1.807, 2.05) is 44.2 Å². The number of nitrogens with one attached hydrogen (secondary N) is 2. The minimum Gasteiger partial charge on any atom is -0.494 e. The molecule has 0 heterocycles. The van der Waals surface area contributed by atoms with Crippen LogP contribution in [0.4, 0.5) is 5.69 Å². The van der Waals surface area contributed by atoms with Crippen LogP contribution in [0.15, 0.2) is 47.5 Å². The molecule has 0 aliphatic heterocycles. The SMILES string of the molecule is CCOc1cccc(CCNC(=NC)Nc2ccc(OCC)c(OC)c2)c1. The van der Waals surface area contributed by atoms with Crippen molar-refractivity contribution in [2.75, 3.05) is 39.2 Å². The molecule has 2 N–H and O–H groups in total. The summed E-state index contributed by atoms with van der Waals surface area (Å²) in [4.78, 5) is 4.27. The van der Waals surface area contributed by atoms with E-state index in [4.69, 9.17) is 14.2 Å². The lowest BCUT2D eigenvalue weighted by molar-refractivity contribution is 0.311. The Bertz CT molecular complexity index is 747. The van der Waals surface area contributed by atoms with Gasteiger partial charge in [-0.2, -0.15) is 0 Å². The van der Waals surface area contributed by atoms with E-state index in [0.29, 0.717) is 24.9 Å². The molecule has 0 bridgehead atoms. The highest BCUT2D eigenvalue weighted by Gasteiger charge is 2.07. The van der Waals surface area contributed by atoms with Gasteiger partial charge in [-0.15, -0.1) is 0 Å². The predicted molar refractivity (Wildman–Crippen MR) is 110 cm³/mol. The fraction of sp³-hybridized carbons (Fsp3) is 0.381. The van der Waals surface area contributed by atoms with E-state index in [2.05, 4.69) is 27.8 Å². The second-order valence-electron chi connectivity index (χ2n) is 5.75. The van der Waals surface area contributed by atoms with Crippen LogP contribution in [-0.4, -0.2) is 39.9 Å². The van der Waals surface area contributed by atoms with Gasteiger partial charge >= 0.3 is 0 Å². The molecule has 27 heavy (non-hydrogen) atoms. The molecule has 0 aliphatic carbocycles. The van der Waals surface area contributed by atoms with Crippen molar-refractivity contribution < 1.29 is 14.2 Å². The second-order valence-corrected chi connectivity index (χ2v) is 5.75. The molecule has 0 spiro atoms. The van der Waals surface area contributed by atoms with Gasteiger partial charge in [0.05, 0.1) is 20.3 Å². The second kappa shape index (κ2) is 11.0. The fourth-order valence-electron chi connectivity index (χ4n) is 2.62. The Labute approximate surface area is 161 Å². The monoisotopic (exact) mass is 371 g/mol. The number of nitrogens with zero attached hydrogens (tertiary/aromatic N) is 1. The van der Waals surface area contributed by atoms with Crippen LogP contribution in [0, 0.1) is 0 Å². The van der Waals surface area contributed by atoms with Crippen molar-refractivity contribution in [2.45, 2.75) is 20.3 Å². The van der Waals surface area contributed by atoms with E-state index in [-0.39, 0.29) is 0 Å². The standard InChI is InChI=1S/C21H29N3O3/c1-5-26-18-9-7-8-16(14-18)12-13-23-21(22-3)24-17-10-11-19(27-6-2)20(15-17)25-4/h7-11,14-15H,5-6,12-13H2,1-4H3,(H2,22,23,24). The van der Waals surface area contributed by atoms with Gasteiger partial charge in [-0.3, -0.25) is 4.99 Å². The van der Waals surface area contributed by atoms with Gasteiger partial charge < -0.3 is 24.8 Å². The van der Waals surface area contributed by atoms with Crippen LogP contribution in [-0.2, 0) is 6.42 Å². The Hall–Kier alpha value is -2.89. The summed E-state index contributed by atoms with van der Waals surface area (Å²) in [6.45, 7) is 5.95. The number of guanidine groups is 1. The molecule has 6 heteroatoms. The van der Waals surface area contributed by atoms with Crippen LogP contribution < -0.4 is 24.8 Å². The quantitative estimate of drug-likeness (QED) is 0.519. The van der Waals surface area contributed by atoms with Crippen LogP contribution in [0.5, 0.6) is 17.2 Å². The first-order chi connectivity index (χ1) is 13.2. The minimum absolute atomic E-state index is 0.594. The topological polar surface area (TPSA) is 64.1 Å². The molecule has 2 aromatic rings. The number of benzene rings is 2. The first-order valence-electron chi connectivity index (χ1n) is 9.20. The Morgan fingerprint density at radius 1 is 1.00 bits per heavy atom. The molecule has 0 saturated heterocycles. The molecule has 2 rings (SSSR count). The number of aliphatic imine (C=N–C) groups is 1. The lowest BCUT2D eigenvalue weighted by atomic mass is 10.1. The fourth-order valence-corrected chi connectivity index (χ4v) is 2.62. The summed E-state index contributed by atoms with van der Waals surface area (Å²) in [6.07, 6.45) is 0.869. The maximum absolute atomic E-state index is 5.55. The van der Waals surface area contributed by atoms with Crippen molar-refractivity contribution in [1.29, 1.82) is 0 Å². The number of methoxy groups -OCH3 is 1. The zero-order valence-corrected chi connectivity index (χ0v) is 16.5. The molecule has 0 saturated carbocycles. The van der Waals surface area contributed by atoms with Crippen LogP contribution in [0.3, 0.4) is 0 Å². The van der Waals surface area contributed by atoms with Gasteiger partial charge in [-0.25, -0.2) is 0 Å². The van der Waals surface area contributed by atoms with E-state index < -0.39 is 0 Å². The van der Waals surface area contributed by atoms with E-state index in [0.717, 1.165) is 30.2 Å². The van der Waals surface area contributed by atoms with Crippen molar-refractivity contribution in [3.8, 4) is 17.2 Å². The van der Waals surface area contributed by atoms with Crippen molar-refractivity contribution >= 4 is 11.6 Å². The molecule has 0 unspecified atom stereocenters. The summed E-state index contributed by atoms with van der Waals surface area (Å²) in [7, 11) is 3.38. The molecule has 2 aromatic carbocycles. The van der Waals surface area contributed by atoms with Crippen molar-refractivity contribution in [3.63, 3.8) is 0 Å². The highest BCUT2D eigenvalue weighted by molar-refractivity contribution is 5.93.